The molecule has 0 aliphatic heterocycles. The molecule has 0 aliphatic rings. The van der Waals surface area contributed by atoms with Gasteiger partial charge in [-0.05, 0) is 45.0 Å². The van der Waals surface area contributed by atoms with Crippen LogP contribution in [0.15, 0.2) is 48.5 Å². The molecule has 30 heavy (non-hydrogen) atoms. The largest absolute Gasteiger partial charge is 0.508 e. The lowest BCUT2D eigenvalue weighted by Crippen LogP contribution is -2.58. The van der Waals surface area contributed by atoms with Crippen LogP contribution in [0.1, 0.15) is 29.8 Å². The molecule has 3 amide bonds. The summed E-state index contributed by atoms with van der Waals surface area (Å²) in [6, 6.07) is 11.2. The highest BCUT2D eigenvalue weighted by Gasteiger charge is 2.32. The van der Waals surface area contributed by atoms with Crippen molar-refractivity contribution in [2.75, 3.05) is 11.6 Å². The highest BCUT2D eigenvalue weighted by atomic mass is 16.6. The molecule has 0 aromatic heterocycles. The van der Waals surface area contributed by atoms with Gasteiger partial charge in [0.15, 0.2) is 0 Å². The first-order chi connectivity index (χ1) is 14.3. The molecule has 0 spiro atoms. The monoisotopic (exact) mass is 415 g/mol. The zero-order valence-corrected chi connectivity index (χ0v) is 17.0. The van der Waals surface area contributed by atoms with Crippen LogP contribution >= 0.6 is 0 Å². The molecular formula is C21H25N3O6. The summed E-state index contributed by atoms with van der Waals surface area (Å²) in [4.78, 5) is 37.8. The summed E-state index contributed by atoms with van der Waals surface area (Å²) >= 11 is 0. The van der Waals surface area contributed by atoms with Crippen molar-refractivity contribution in [3.05, 3.63) is 59.7 Å². The van der Waals surface area contributed by atoms with Crippen molar-refractivity contribution in [1.82, 2.24) is 10.7 Å². The average molecular weight is 415 g/mol. The van der Waals surface area contributed by atoms with Crippen molar-refractivity contribution >= 4 is 23.6 Å². The van der Waals surface area contributed by atoms with Crippen molar-refractivity contribution in [1.29, 1.82) is 0 Å². The summed E-state index contributed by atoms with van der Waals surface area (Å²) in [5.74, 6) is -1.51. The van der Waals surface area contributed by atoms with Gasteiger partial charge in [-0.3, -0.25) is 9.59 Å². The molecule has 0 radical (unpaired) electrons. The number of aliphatic hydroxyl groups is 1. The Labute approximate surface area is 174 Å². The predicted molar refractivity (Wildman–Crippen MR) is 110 cm³/mol. The number of para-hydroxylation sites is 1. The van der Waals surface area contributed by atoms with Crippen LogP contribution in [0.5, 0.6) is 5.75 Å². The van der Waals surface area contributed by atoms with Crippen LogP contribution in [0.4, 0.5) is 10.5 Å². The van der Waals surface area contributed by atoms with Gasteiger partial charge in [0.05, 0.1) is 18.4 Å². The molecule has 0 fully saturated rings. The minimum Gasteiger partial charge on any atom is -0.508 e. The van der Waals surface area contributed by atoms with Crippen molar-refractivity contribution < 1.29 is 29.3 Å². The first kappa shape index (κ1) is 22.7. The van der Waals surface area contributed by atoms with E-state index in [9.17, 15) is 24.6 Å². The molecule has 160 valence electrons. The molecule has 9 nitrogen and oxygen atoms in total. The van der Waals surface area contributed by atoms with E-state index in [0.29, 0.717) is 11.3 Å². The number of nitrogens with zero attached hydrogens (tertiary/aromatic N) is 1. The molecule has 0 aliphatic carbocycles. The van der Waals surface area contributed by atoms with Gasteiger partial charge in [0.25, 0.3) is 11.8 Å². The SMILES string of the molecule is CCOC(=O)NN(C(=O)[C@@H](NC(=O)c1cccc(O)c1C)[C@@H](C)O)c1ccccc1. The fourth-order valence-corrected chi connectivity index (χ4v) is 2.69. The maximum Gasteiger partial charge on any atom is 0.426 e. The van der Waals surface area contributed by atoms with E-state index >= 15 is 0 Å². The second-order valence-corrected chi connectivity index (χ2v) is 6.48. The van der Waals surface area contributed by atoms with Crippen LogP contribution in [0, 0.1) is 6.92 Å². The molecule has 9 heteroatoms. The van der Waals surface area contributed by atoms with E-state index in [1.807, 2.05) is 0 Å². The number of anilines is 1. The van der Waals surface area contributed by atoms with E-state index in [2.05, 4.69) is 10.7 Å². The number of aromatic hydroxyl groups is 1. The fourth-order valence-electron chi connectivity index (χ4n) is 2.69. The number of hydrogen-bond donors (Lipinski definition) is 4. The van der Waals surface area contributed by atoms with Gasteiger partial charge < -0.3 is 20.3 Å². The van der Waals surface area contributed by atoms with E-state index in [0.717, 1.165) is 5.01 Å². The maximum absolute atomic E-state index is 13.2. The number of carbonyl (C=O) groups excluding carboxylic acids is 3. The minimum absolute atomic E-state index is 0.0718. The molecule has 0 heterocycles. The molecule has 2 aromatic carbocycles. The Morgan fingerprint density at radius 1 is 1.10 bits per heavy atom. The number of benzene rings is 2. The first-order valence-electron chi connectivity index (χ1n) is 9.36. The van der Waals surface area contributed by atoms with Crippen molar-refractivity contribution in [2.24, 2.45) is 0 Å². The number of amides is 3. The second kappa shape index (κ2) is 10.3. The molecule has 0 unspecified atom stereocenters. The number of hydrogen-bond acceptors (Lipinski definition) is 6. The molecule has 4 N–H and O–H groups in total. The number of aliphatic hydroxyl groups excluding tert-OH is 1. The molecule has 2 aromatic rings. The van der Waals surface area contributed by atoms with E-state index in [1.54, 1.807) is 44.2 Å². The highest BCUT2D eigenvalue weighted by molar-refractivity contribution is 6.04. The molecular weight excluding hydrogens is 390 g/mol. The lowest BCUT2D eigenvalue weighted by molar-refractivity contribution is -0.123. The van der Waals surface area contributed by atoms with E-state index in [-0.39, 0.29) is 17.9 Å². The Hall–Kier alpha value is -3.59. The zero-order valence-electron chi connectivity index (χ0n) is 17.0. The third-order valence-electron chi connectivity index (χ3n) is 4.30. The van der Waals surface area contributed by atoms with Crippen LogP contribution < -0.4 is 15.8 Å². The number of phenolic OH excluding ortho intramolecular Hbond substituents is 1. The predicted octanol–water partition coefficient (Wildman–Crippen LogP) is 1.87. The van der Waals surface area contributed by atoms with Gasteiger partial charge in [0.1, 0.15) is 11.8 Å². The van der Waals surface area contributed by atoms with E-state index in [1.165, 1.54) is 25.1 Å². The summed E-state index contributed by atoms with van der Waals surface area (Å²) in [5, 5.41) is 23.4. The van der Waals surface area contributed by atoms with Crippen molar-refractivity contribution in [2.45, 2.75) is 32.9 Å². The van der Waals surface area contributed by atoms with Gasteiger partial charge >= 0.3 is 6.09 Å². The smallest absolute Gasteiger partial charge is 0.426 e. The summed E-state index contributed by atoms with van der Waals surface area (Å²) < 4.78 is 4.84. The number of rotatable bonds is 6. The Morgan fingerprint density at radius 3 is 2.37 bits per heavy atom. The number of phenols is 1. The third-order valence-corrected chi connectivity index (χ3v) is 4.30. The van der Waals surface area contributed by atoms with E-state index < -0.39 is 30.1 Å². The molecule has 0 saturated carbocycles. The lowest BCUT2D eigenvalue weighted by Gasteiger charge is -2.29. The standard InChI is InChI=1S/C21H25N3O6/c1-4-30-21(29)23-24(15-9-6-5-7-10-15)20(28)18(14(3)25)22-19(27)16-11-8-12-17(26)13(16)2/h5-12,14,18,25-26H,4H2,1-3H3,(H,22,27)(H,23,29)/t14-,18+/m1/s1. The van der Waals surface area contributed by atoms with Crippen LogP contribution in [0.3, 0.4) is 0 Å². The number of carbonyl (C=O) groups is 3. The van der Waals surface area contributed by atoms with Crippen LogP contribution in [-0.2, 0) is 9.53 Å². The average Bonchev–Trinajstić information content (AvgIpc) is 2.72. The molecule has 2 atom stereocenters. The first-order valence-corrected chi connectivity index (χ1v) is 9.36. The Bertz CT molecular complexity index is 901. The van der Waals surface area contributed by atoms with Gasteiger partial charge in [-0.25, -0.2) is 15.2 Å². The highest BCUT2D eigenvalue weighted by Crippen LogP contribution is 2.20. The van der Waals surface area contributed by atoms with Gasteiger partial charge in [0, 0.05) is 11.1 Å². The van der Waals surface area contributed by atoms with E-state index in [4.69, 9.17) is 4.74 Å². The van der Waals surface area contributed by atoms with Crippen LogP contribution in [0.2, 0.25) is 0 Å². The van der Waals surface area contributed by atoms with Gasteiger partial charge in [0.2, 0.25) is 0 Å². The quantitative estimate of drug-likeness (QED) is 0.533. The van der Waals surface area contributed by atoms with Crippen molar-refractivity contribution in [3.8, 4) is 5.75 Å². The second-order valence-electron chi connectivity index (χ2n) is 6.48. The molecule has 0 saturated heterocycles. The van der Waals surface area contributed by atoms with Gasteiger partial charge in [-0.2, -0.15) is 0 Å². The number of nitrogens with one attached hydrogen (secondary N) is 2. The Morgan fingerprint density at radius 2 is 1.77 bits per heavy atom. The normalized spacial score (nSPS) is 12.4. The Kier molecular flexibility index (Phi) is 7.76. The van der Waals surface area contributed by atoms with Gasteiger partial charge in [-0.1, -0.05) is 24.3 Å². The minimum atomic E-state index is -1.39. The topological polar surface area (TPSA) is 128 Å². The molecule has 0 bridgehead atoms. The third kappa shape index (κ3) is 5.48. The summed E-state index contributed by atoms with van der Waals surface area (Å²) in [6.45, 7) is 4.61. The summed E-state index contributed by atoms with van der Waals surface area (Å²) in [7, 11) is 0. The number of ether oxygens (including phenoxy) is 1. The lowest BCUT2D eigenvalue weighted by atomic mass is 10.1. The summed E-state index contributed by atoms with van der Waals surface area (Å²) in [6.07, 6.45) is -2.15. The summed E-state index contributed by atoms with van der Waals surface area (Å²) in [5.41, 5.74) is 3.11. The molecule has 2 rings (SSSR count). The fraction of sp³-hybridized carbons (Fsp3) is 0.286. The zero-order chi connectivity index (χ0) is 22.3. The number of hydrazine groups is 1. The Balaban J connectivity index is 2.32. The van der Waals surface area contributed by atoms with Crippen molar-refractivity contribution in [3.63, 3.8) is 0 Å². The maximum atomic E-state index is 13.2. The van der Waals surface area contributed by atoms with Crippen LogP contribution in [-0.4, -0.2) is 46.9 Å². The van der Waals surface area contributed by atoms with Crippen LogP contribution in [0.25, 0.3) is 0 Å². The van der Waals surface area contributed by atoms with Gasteiger partial charge in [-0.15, -0.1) is 0 Å².